The van der Waals surface area contributed by atoms with Gasteiger partial charge in [-0.05, 0) is 37.3 Å². The molecule has 1 unspecified atom stereocenters. The zero-order valence-electron chi connectivity index (χ0n) is 12.1. The van der Waals surface area contributed by atoms with Gasteiger partial charge in [-0.2, -0.15) is 0 Å². The van der Waals surface area contributed by atoms with Gasteiger partial charge in [0.25, 0.3) is 0 Å². The second-order valence-corrected chi connectivity index (χ2v) is 4.60. The van der Waals surface area contributed by atoms with Crippen LogP contribution in [0.15, 0.2) is 24.3 Å². The maximum atomic E-state index is 11.2. The molecule has 0 spiro atoms. The van der Waals surface area contributed by atoms with Crippen molar-refractivity contribution < 1.29 is 14.3 Å². The highest BCUT2D eigenvalue weighted by molar-refractivity contribution is 5.69. The average Bonchev–Trinajstić information content (AvgIpc) is 2.43. The number of carbonyl (C=O) groups is 1. The summed E-state index contributed by atoms with van der Waals surface area (Å²) in [6.07, 6.45) is 2.19. The predicted octanol–water partition coefficient (Wildman–Crippen LogP) is 3.92. The van der Waals surface area contributed by atoms with Crippen LogP contribution < -0.4 is 4.74 Å². The van der Waals surface area contributed by atoms with Gasteiger partial charge in [0.15, 0.2) is 0 Å². The zero-order chi connectivity index (χ0) is 14.1. The van der Waals surface area contributed by atoms with Crippen molar-refractivity contribution in [2.45, 2.75) is 46.0 Å². The minimum Gasteiger partial charge on any atom is -0.493 e. The number of benzene rings is 1. The Morgan fingerprint density at radius 1 is 1.26 bits per heavy atom. The van der Waals surface area contributed by atoms with Crippen molar-refractivity contribution in [2.24, 2.45) is 0 Å². The first-order valence-electron chi connectivity index (χ1n) is 7.06. The highest BCUT2D eigenvalue weighted by Gasteiger charge is 2.09. The second-order valence-electron chi connectivity index (χ2n) is 4.60. The summed E-state index contributed by atoms with van der Waals surface area (Å²) < 4.78 is 10.7. The van der Waals surface area contributed by atoms with Crippen molar-refractivity contribution in [3.05, 3.63) is 29.8 Å². The maximum Gasteiger partial charge on any atom is 0.305 e. The summed E-state index contributed by atoms with van der Waals surface area (Å²) in [4.78, 5) is 11.2. The molecule has 0 saturated carbocycles. The Bertz CT molecular complexity index is 387. The summed E-state index contributed by atoms with van der Waals surface area (Å²) in [7, 11) is 0. The molecule has 0 fully saturated rings. The highest BCUT2D eigenvalue weighted by atomic mass is 16.5. The lowest BCUT2D eigenvalue weighted by Crippen LogP contribution is -2.07. The molecule has 19 heavy (non-hydrogen) atoms. The van der Waals surface area contributed by atoms with E-state index in [0.29, 0.717) is 32.0 Å². The van der Waals surface area contributed by atoms with Crippen molar-refractivity contribution in [2.75, 3.05) is 13.2 Å². The van der Waals surface area contributed by atoms with Crippen LogP contribution >= 0.6 is 0 Å². The van der Waals surface area contributed by atoms with Crippen LogP contribution in [0.3, 0.4) is 0 Å². The van der Waals surface area contributed by atoms with Crippen LogP contribution in [0.1, 0.15) is 51.5 Å². The minimum absolute atomic E-state index is 0.152. The van der Waals surface area contributed by atoms with E-state index >= 15 is 0 Å². The summed E-state index contributed by atoms with van der Waals surface area (Å²) in [5, 5.41) is 0. The molecule has 0 aliphatic heterocycles. The zero-order valence-corrected chi connectivity index (χ0v) is 12.1. The first-order valence-corrected chi connectivity index (χ1v) is 7.06. The number of hydrogen-bond donors (Lipinski definition) is 0. The van der Waals surface area contributed by atoms with E-state index in [0.717, 1.165) is 12.2 Å². The van der Waals surface area contributed by atoms with Gasteiger partial charge in [0.1, 0.15) is 5.75 Å². The smallest absolute Gasteiger partial charge is 0.305 e. The summed E-state index contributed by atoms with van der Waals surface area (Å²) >= 11 is 0. The van der Waals surface area contributed by atoms with E-state index in [1.807, 2.05) is 25.1 Å². The van der Waals surface area contributed by atoms with E-state index in [-0.39, 0.29) is 5.97 Å². The van der Waals surface area contributed by atoms with Gasteiger partial charge >= 0.3 is 5.97 Å². The van der Waals surface area contributed by atoms with Gasteiger partial charge in [0, 0.05) is 6.42 Å². The molecule has 1 rings (SSSR count). The number of esters is 1. The van der Waals surface area contributed by atoms with E-state index in [9.17, 15) is 4.79 Å². The van der Waals surface area contributed by atoms with Crippen LogP contribution in [-0.2, 0) is 9.53 Å². The largest absolute Gasteiger partial charge is 0.493 e. The Hall–Kier alpha value is -1.51. The molecule has 3 heteroatoms. The number of para-hydroxylation sites is 1. The molecule has 0 amide bonds. The Morgan fingerprint density at radius 2 is 2.00 bits per heavy atom. The molecule has 1 aromatic rings. The molecule has 0 aromatic heterocycles. The van der Waals surface area contributed by atoms with Gasteiger partial charge in [-0.1, -0.05) is 32.0 Å². The fraction of sp³-hybridized carbons (Fsp3) is 0.562. The third-order valence-corrected chi connectivity index (χ3v) is 3.15. The molecule has 3 nitrogen and oxygen atoms in total. The molecule has 0 aliphatic rings. The van der Waals surface area contributed by atoms with Gasteiger partial charge in [0.2, 0.25) is 0 Å². The molecule has 0 radical (unpaired) electrons. The number of hydrogen-bond acceptors (Lipinski definition) is 3. The SMILES string of the molecule is CCOC(=O)CCCOc1ccccc1C(C)CC. The average molecular weight is 264 g/mol. The van der Waals surface area contributed by atoms with Crippen LogP contribution in [0.25, 0.3) is 0 Å². The monoisotopic (exact) mass is 264 g/mol. The van der Waals surface area contributed by atoms with Crippen LogP contribution in [0, 0.1) is 0 Å². The van der Waals surface area contributed by atoms with Gasteiger partial charge in [0.05, 0.1) is 13.2 Å². The van der Waals surface area contributed by atoms with Crippen LogP contribution in [0.5, 0.6) is 5.75 Å². The minimum atomic E-state index is -0.152. The van der Waals surface area contributed by atoms with E-state index < -0.39 is 0 Å². The summed E-state index contributed by atoms with van der Waals surface area (Å²) in [6.45, 7) is 7.17. The molecule has 1 atom stereocenters. The van der Waals surface area contributed by atoms with Crippen LogP contribution in [0.2, 0.25) is 0 Å². The van der Waals surface area contributed by atoms with Gasteiger partial charge in [-0.3, -0.25) is 4.79 Å². The first kappa shape index (κ1) is 15.5. The van der Waals surface area contributed by atoms with Crippen LogP contribution in [-0.4, -0.2) is 19.2 Å². The number of carbonyl (C=O) groups excluding carboxylic acids is 1. The molecule has 106 valence electrons. The second kappa shape index (κ2) is 8.57. The maximum absolute atomic E-state index is 11.2. The van der Waals surface area contributed by atoms with E-state index in [1.165, 1.54) is 5.56 Å². The van der Waals surface area contributed by atoms with Crippen LogP contribution in [0.4, 0.5) is 0 Å². The van der Waals surface area contributed by atoms with Crippen molar-refractivity contribution >= 4 is 5.97 Å². The Balaban J connectivity index is 2.43. The Morgan fingerprint density at radius 3 is 2.68 bits per heavy atom. The summed E-state index contributed by atoms with van der Waals surface area (Å²) in [6, 6.07) is 8.11. The van der Waals surface area contributed by atoms with Crippen molar-refractivity contribution in [3.8, 4) is 5.75 Å². The standard InChI is InChI=1S/C16H24O3/c1-4-13(3)14-9-6-7-10-15(14)19-12-8-11-16(17)18-5-2/h6-7,9-10,13H,4-5,8,11-12H2,1-3H3. The third-order valence-electron chi connectivity index (χ3n) is 3.15. The summed E-state index contributed by atoms with van der Waals surface area (Å²) in [5.74, 6) is 1.27. The third kappa shape index (κ3) is 5.33. The Kier molecular flexibility index (Phi) is 7.01. The topological polar surface area (TPSA) is 35.5 Å². The van der Waals surface area contributed by atoms with Gasteiger partial charge < -0.3 is 9.47 Å². The number of rotatable bonds is 8. The molecule has 0 heterocycles. The molecule has 0 saturated heterocycles. The molecule has 1 aromatic carbocycles. The Labute approximate surface area is 115 Å². The van der Waals surface area contributed by atoms with E-state index in [4.69, 9.17) is 9.47 Å². The fourth-order valence-corrected chi connectivity index (χ4v) is 1.87. The van der Waals surface area contributed by atoms with Crippen molar-refractivity contribution in [1.82, 2.24) is 0 Å². The van der Waals surface area contributed by atoms with Crippen molar-refractivity contribution in [1.29, 1.82) is 0 Å². The van der Waals surface area contributed by atoms with E-state index in [2.05, 4.69) is 19.9 Å². The van der Waals surface area contributed by atoms with Gasteiger partial charge in [-0.25, -0.2) is 0 Å². The lowest BCUT2D eigenvalue weighted by Gasteiger charge is -2.15. The molecule has 0 bridgehead atoms. The van der Waals surface area contributed by atoms with Crippen molar-refractivity contribution in [3.63, 3.8) is 0 Å². The molecular formula is C16H24O3. The van der Waals surface area contributed by atoms with Gasteiger partial charge in [-0.15, -0.1) is 0 Å². The quantitative estimate of drug-likeness (QED) is 0.527. The fourth-order valence-electron chi connectivity index (χ4n) is 1.87. The van der Waals surface area contributed by atoms with E-state index in [1.54, 1.807) is 0 Å². The lowest BCUT2D eigenvalue weighted by molar-refractivity contribution is -0.143. The number of ether oxygens (including phenoxy) is 2. The highest BCUT2D eigenvalue weighted by Crippen LogP contribution is 2.28. The summed E-state index contributed by atoms with van der Waals surface area (Å²) in [5.41, 5.74) is 1.24. The molecule has 0 aliphatic carbocycles. The molecular weight excluding hydrogens is 240 g/mol. The normalized spacial score (nSPS) is 11.9. The lowest BCUT2D eigenvalue weighted by atomic mass is 9.98. The predicted molar refractivity (Wildman–Crippen MR) is 76.5 cm³/mol. The molecule has 0 N–H and O–H groups in total. The first-order chi connectivity index (χ1) is 9.19.